The Hall–Kier alpha value is -2.89. The Labute approximate surface area is 165 Å². The van der Waals surface area contributed by atoms with Crippen LogP contribution in [0.2, 0.25) is 5.02 Å². The molecule has 0 aliphatic rings. The number of phenolic OH excluding ortho intramolecular Hbond substituents is 1. The molecule has 0 spiro atoms. The summed E-state index contributed by atoms with van der Waals surface area (Å²) in [6.45, 7) is 0. The molecule has 0 aliphatic heterocycles. The van der Waals surface area contributed by atoms with Gasteiger partial charge in [0.2, 0.25) is 5.13 Å². The lowest BCUT2D eigenvalue weighted by atomic mass is 10.0. The number of fused-ring (bicyclic) bond motifs is 1. The number of thiazole rings is 1. The first kappa shape index (κ1) is 17.5. The van der Waals surface area contributed by atoms with E-state index in [9.17, 15) is 5.11 Å². The number of hydrazone groups is 1. The van der Waals surface area contributed by atoms with E-state index in [1.165, 1.54) is 11.3 Å². The molecular weight excluding hydrogens is 378 g/mol. The van der Waals surface area contributed by atoms with Crippen LogP contribution in [0.4, 0.5) is 5.13 Å². The predicted molar refractivity (Wildman–Crippen MR) is 113 cm³/mol. The molecule has 3 aromatic carbocycles. The summed E-state index contributed by atoms with van der Waals surface area (Å²) in [4.78, 5) is 4.47. The topological polar surface area (TPSA) is 57.5 Å². The molecule has 0 amide bonds. The average Bonchev–Trinajstić information content (AvgIpc) is 3.09. The summed E-state index contributed by atoms with van der Waals surface area (Å²) in [6, 6.07) is 21.1. The van der Waals surface area contributed by atoms with Crippen molar-refractivity contribution in [2.75, 3.05) is 5.43 Å². The number of hydrogen-bond acceptors (Lipinski definition) is 5. The van der Waals surface area contributed by atoms with E-state index in [4.69, 9.17) is 11.6 Å². The molecule has 0 bridgehead atoms. The number of aromatic nitrogens is 1. The zero-order valence-corrected chi connectivity index (χ0v) is 15.8. The zero-order valence-electron chi connectivity index (χ0n) is 14.3. The van der Waals surface area contributed by atoms with Gasteiger partial charge in [0.05, 0.1) is 16.4 Å². The van der Waals surface area contributed by atoms with Crippen LogP contribution in [-0.2, 0) is 6.42 Å². The van der Waals surface area contributed by atoms with Gasteiger partial charge in [-0.05, 0) is 47.9 Å². The van der Waals surface area contributed by atoms with Gasteiger partial charge in [0.1, 0.15) is 5.75 Å². The summed E-state index contributed by atoms with van der Waals surface area (Å²) >= 11 is 7.77. The second-order valence-corrected chi connectivity index (χ2v) is 7.46. The highest BCUT2D eigenvalue weighted by atomic mass is 35.5. The molecule has 0 fully saturated rings. The van der Waals surface area contributed by atoms with E-state index >= 15 is 0 Å². The van der Waals surface area contributed by atoms with E-state index in [1.54, 1.807) is 12.3 Å². The van der Waals surface area contributed by atoms with Crippen LogP contribution in [0.5, 0.6) is 5.75 Å². The molecule has 1 heterocycles. The first-order valence-corrected chi connectivity index (χ1v) is 9.58. The second-order valence-electron chi connectivity index (χ2n) is 6.02. The van der Waals surface area contributed by atoms with Crippen molar-refractivity contribution < 1.29 is 5.11 Å². The lowest BCUT2D eigenvalue weighted by Crippen LogP contribution is -1.94. The highest BCUT2D eigenvalue weighted by Crippen LogP contribution is 2.26. The maximum absolute atomic E-state index is 10.1. The quantitative estimate of drug-likeness (QED) is 0.338. The fourth-order valence-electron chi connectivity index (χ4n) is 2.76. The molecule has 0 unspecified atom stereocenters. The SMILES string of the molecule is Oc1ccc(Cc2ccccc2Cl)cc1/C=N/Nc1nc2ccccc2s1. The van der Waals surface area contributed by atoms with Gasteiger partial charge in [-0.25, -0.2) is 4.98 Å². The Morgan fingerprint density at radius 1 is 1.07 bits per heavy atom. The number of anilines is 1. The summed E-state index contributed by atoms with van der Waals surface area (Å²) in [5.41, 5.74) is 6.59. The van der Waals surface area contributed by atoms with E-state index in [2.05, 4.69) is 15.5 Å². The van der Waals surface area contributed by atoms with E-state index in [-0.39, 0.29) is 5.75 Å². The number of nitrogens with zero attached hydrogens (tertiary/aromatic N) is 2. The van der Waals surface area contributed by atoms with Crippen molar-refractivity contribution in [3.8, 4) is 5.75 Å². The lowest BCUT2D eigenvalue weighted by Gasteiger charge is -2.06. The maximum Gasteiger partial charge on any atom is 0.204 e. The van der Waals surface area contributed by atoms with E-state index in [0.717, 1.165) is 26.4 Å². The highest BCUT2D eigenvalue weighted by Gasteiger charge is 2.05. The van der Waals surface area contributed by atoms with Crippen molar-refractivity contribution in [2.24, 2.45) is 5.10 Å². The third-order valence-corrected chi connectivity index (χ3v) is 5.41. The van der Waals surface area contributed by atoms with E-state index < -0.39 is 0 Å². The van der Waals surface area contributed by atoms with Crippen molar-refractivity contribution in [3.63, 3.8) is 0 Å². The molecule has 134 valence electrons. The number of benzene rings is 3. The number of nitrogens with one attached hydrogen (secondary N) is 1. The van der Waals surface area contributed by atoms with Crippen molar-refractivity contribution in [1.82, 2.24) is 4.98 Å². The number of hydrogen-bond donors (Lipinski definition) is 2. The lowest BCUT2D eigenvalue weighted by molar-refractivity contribution is 0.474. The highest BCUT2D eigenvalue weighted by molar-refractivity contribution is 7.22. The van der Waals surface area contributed by atoms with Gasteiger partial charge in [0, 0.05) is 10.6 Å². The molecule has 0 radical (unpaired) electrons. The largest absolute Gasteiger partial charge is 0.507 e. The van der Waals surface area contributed by atoms with E-state index in [1.807, 2.05) is 60.7 Å². The van der Waals surface area contributed by atoms with Gasteiger partial charge in [-0.1, -0.05) is 59.3 Å². The molecule has 1 aromatic heterocycles. The molecule has 4 rings (SSSR count). The van der Waals surface area contributed by atoms with Crippen LogP contribution in [0.3, 0.4) is 0 Å². The van der Waals surface area contributed by atoms with Crippen LogP contribution in [0.1, 0.15) is 16.7 Å². The first-order valence-electron chi connectivity index (χ1n) is 8.39. The minimum Gasteiger partial charge on any atom is -0.507 e. The van der Waals surface area contributed by atoms with Crippen LogP contribution >= 0.6 is 22.9 Å². The summed E-state index contributed by atoms with van der Waals surface area (Å²) in [5, 5.41) is 15.8. The smallest absolute Gasteiger partial charge is 0.204 e. The third-order valence-electron chi connectivity index (χ3n) is 4.10. The number of aromatic hydroxyl groups is 1. The number of halogens is 1. The Balaban J connectivity index is 1.51. The normalized spacial score (nSPS) is 11.3. The zero-order chi connectivity index (χ0) is 18.6. The van der Waals surface area contributed by atoms with Gasteiger partial charge in [-0.2, -0.15) is 5.10 Å². The summed E-state index contributed by atoms with van der Waals surface area (Å²) < 4.78 is 1.10. The van der Waals surface area contributed by atoms with Crippen LogP contribution in [0.15, 0.2) is 71.8 Å². The Kier molecular flexibility index (Phi) is 5.05. The van der Waals surface area contributed by atoms with Gasteiger partial charge in [-0.15, -0.1) is 0 Å². The molecule has 4 aromatic rings. The fourth-order valence-corrected chi connectivity index (χ4v) is 3.77. The molecule has 0 saturated heterocycles. The number of phenols is 1. The Morgan fingerprint density at radius 2 is 1.89 bits per heavy atom. The maximum atomic E-state index is 10.1. The van der Waals surface area contributed by atoms with Crippen LogP contribution in [0, 0.1) is 0 Å². The van der Waals surface area contributed by atoms with E-state index in [0.29, 0.717) is 17.1 Å². The number of rotatable bonds is 5. The van der Waals surface area contributed by atoms with Crippen molar-refractivity contribution in [1.29, 1.82) is 0 Å². The van der Waals surface area contributed by atoms with Gasteiger partial charge in [0.15, 0.2) is 0 Å². The van der Waals surface area contributed by atoms with Crippen LogP contribution < -0.4 is 5.43 Å². The molecule has 4 nitrogen and oxygen atoms in total. The minimum atomic E-state index is 0.174. The van der Waals surface area contributed by atoms with Gasteiger partial charge >= 0.3 is 0 Å². The molecule has 27 heavy (non-hydrogen) atoms. The van der Waals surface area contributed by atoms with Crippen molar-refractivity contribution >= 4 is 44.5 Å². The average molecular weight is 394 g/mol. The van der Waals surface area contributed by atoms with Gasteiger partial charge < -0.3 is 5.11 Å². The molecule has 0 saturated carbocycles. The minimum absolute atomic E-state index is 0.174. The number of para-hydroxylation sites is 1. The van der Waals surface area contributed by atoms with Crippen LogP contribution in [0.25, 0.3) is 10.2 Å². The van der Waals surface area contributed by atoms with Crippen molar-refractivity contribution in [3.05, 3.63) is 88.4 Å². The molecular formula is C21H16ClN3OS. The summed E-state index contributed by atoms with van der Waals surface area (Å²) in [5.74, 6) is 0.174. The standard InChI is InChI=1S/C21H16ClN3OS/c22-17-6-2-1-5-15(17)11-14-9-10-19(26)16(12-14)13-23-25-21-24-18-7-3-4-8-20(18)27-21/h1-10,12-13,26H,11H2,(H,24,25)/b23-13+. The monoisotopic (exact) mass is 393 g/mol. The van der Waals surface area contributed by atoms with Gasteiger partial charge in [-0.3, -0.25) is 5.43 Å². The Bertz CT molecular complexity index is 1090. The first-order chi connectivity index (χ1) is 13.2. The van der Waals surface area contributed by atoms with Gasteiger partial charge in [0.25, 0.3) is 0 Å². The molecule has 0 aliphatic carbocycles. The summed E-state index contributed by atoms with van der Waals surface area (Å²) in [7, 11) is 0. The predicted octanol–water partition coefficient (Wildman–Crippen LogP) is 5.69. The molecule has 6 heteroatoms. The van der Waals surface area contributed by atoms with Crippen LogP contribution in [-0.4, -0.2) is 16.3 Å². The Morgan fingerprint density at radius 3 is 2.74 bits per heavy atom. The van der Waals surface area contributed by atoms with Crippen molar-refractivity contribution in [2.45, 2.75) is 6.42 Å². The fraction of sp³-hybridized carbons (Fsp3) is 0.0476. The third kappa shape index (κ3) is 4.10. The second kappa shape index (κ2) is 7.78. The summed E-state index contributed by atoms with van der Waals surface area (Å²) in [6.07, 6.45) is 2.28. The molecule has 0 atom stereocenters. The molecule has 2 N–H and O–H groups in total.